The molecule has 0 fully saturated rings. The van der Waals surface area contributed by atoms with Crippen LogP contribution >= 0.6 is 0 Å². The Labute approximate surface area is 260 Å². The minimum absolute atomic E-state index is 0.132. The number of fused-ring (bicyclic) bond motifs is 2. The quantitative estimate of drug-likeness (QED) is 0.220. The Morgan fingerprint density at radius 3 is 2.59 bits per heavy atom. The number of aryl methyl sites for hydroxylation is 3. The third-order valence-corrected chi connectivity index (χ3v) is 10.4. The van der Waals surface area contributed by atoms with Crippen molar-refractivity contribution in [3.63, 3.8) is 0 Å². The van der Waals surface area contributed by atoms with Crippen molar-refractivity contribution in [2.75, 3.05) is 6.54 Å². The van der Waals surface area contributed by atoms with E-state index in [-0.39, 0.29) is 35.7 Å². The number of rotatable bonds is 8. The van der Waals surface area contributed by atoms with Crippen LogP contribution in [0, 0.1) is 19.8 Å². The summed E-state index contributed by atoms with van der Waals surface area (Å²) in [6.07, 6.45) is 3.28. The highest BCUT2D eigenvalue weighted by Gasteiger charge is 2.34. The van der Waals surface area contributed by atoms with E-state index in [9.17, 15) is 13.2 Å². The fraction of sp³-hybridized carbons (Fsp3) is 0.471. The van der Waals surface area contributed by atoms with Crippen molar-refractivity contribution in [3.8, 4) is 0 Å². The van der Waals surface area contributed by atoms with Crippen LogP contribution in [0.5, 0.6) is 0 Å². The van der Waals surface area contributed by atoms with Crippen LogP contribution in [0.2, 0.25) is 0 Å². The van der Waals surface area contributed by atoms with Crippen LogP contribution in [0.15, 0.2) is 53.6 Å². The number of hydrogen-bond acceptors (Lipinski definition) is 7. The first-order valence-electron chi connectivity index (χ1n) is 15.4. The lowest BCUT2D eigenvalue weighted by molar-refractivity contribution is -0.155. The summed E-state index contributed by atoms with van der Waals surface area (Å²) >= 11 is 0. The molecule has 4 aromatic rings. The Bertz CT molecular complexity index is 1790. The van der Waals surface area contributed by atoms with Crippen molar-refractivity contribution in [2.45, 2.75) is 97.2 Å². The molecular weight excluding hydrogens is 574 g/mol. The van der Waals surface area contributed by atoms with Gasteiger partial charge in [-0.3, -0.25) is 9.78 Å². The highest BCUT2D eigenvalue weighted by Crippen LogP contribution is 2.36. The maximum absolute atomic E-state index is 13.9. The van der Waals surface area contributed by atoms with E-state index in [0.29, 0.717) is 25.2 Å². The molecule has 5 rings (SSSR count). The molecule has 44 heavy (non-hydrogen) atoms. The summed E-state index contributed by atoms with van der Waals surface area (Å²) in [4.78, 5) is 18.0. The largest absolute Gasteiger partial charge is 0.460 e. The third kappa shape index (κ3) is 6.42. The standard InChI is InChI=1S/C34H43N5O4S/c1-8-24-17-29-31(11-10-16-35-29)44(41,42)38(20-24)21-26-18-25(13-12-22(26)3)28(19-32(40)43-34(5,6)7)27-14-15-30-33(23(27)4)36-37-39(30)9-2/h10-16,18,24,28H,8-9,17,19-21H2,1-7H3/t24-,28-/m0/s1. The van der Waals surface area contributed by atoms with E-state index in [0.717, 1.165) is 45.3 Å². The zero-order chi connectivity index (χ0) is 31.8. The topological polar surface area (TPSA) is 107 Å². The first kappa shape index (κ1) is 31.8. The maximum atomic E-state index is 13.9. The van der Waals surface area contributed by atoms with Crippen LogP contribution in [-0.2, 0) is 39.1 Å². The molecule has 0 N–H and O–H groups in total. The summed E-state index contributed by atoms with van der Waals surface area (Å²) in [6, 6.07) is 13.5. The van der Waals surface area contributed by atoms with E-state index >= 15 is 0 Å². The van der Waals surface area contributed by atoms with Gasteiger partial charge >= 0.3 is 5.97 Å². The van der Waals surface area contributed by atoms with Gasteiger partial charge in [-0.2, -0.15) is 4.31 Å². The second kappa shape index (κ2) is 12.4. The van der Waals surface area contributed by atoms with E-state index in [2.05, 4.69) is 34.4 Å². The van der Waals surface area contributed by atoms with Gasteiger partial charge in [0.25, 0.3) is 0 Å². The lowest BCUT2D eigenvalue weighted by atomic mass is 9.84. The number of aromatic nitrogens is 4. The van der Waals surface area contributed by atoms with Crippen molar-refractivity contribution in [3.05, 3.63) is 82.2 Å². The highest BCUT2D eigenvalue weighted by atomic mass is 32.2. The molecule has 1 aliphatic heterocycles. The molecule has 10 heteroatoms. The fourth-order valence-corrected chi connectivity index (χ4v) is 7.80. The fourth-order valence-electron chi connectivity index (χ4n) is 6.12. The molecule has 0 saturated carbocycles. The Morgan fingerprint density at radius 1 is 1.11 bits per heavy atom. The highest BCUT2D eigenvalue weighted by molar-refractivity contribution is 7.89. The van der Waals surface area contributed by atoms with E-state index in [1.807, 2.05) is 64.4 Å². The van der Waals surface area contributed by atoms with Crippen molar-refractivity contribution >= 4 is 27.0 Å². The van der Waals surface area contributed by atoms with E-state index in [1.165, 1.54) is 0 Å². The first-order chi connectivity index (χ1) is 20.8. The predicted molar refractivity (Wildman–Crippen MR) is 171 cm³/mol. The monoisotopic (exact) mass is 617 g/mol. The number of carbonyl (C=O) groups is 1. The summed E-state index contributed by atoms with van der Waals surface area (Å²) in [6.45, 7) is 15.1. The Kier molecular flexibility index (Phi) is 8.96. The summed E-state index contributed by atoms with van der Waals surface area (Å²) in [7, 11) is -3.75. The number of hydrogen-bond donors (Lipinski definition) is 0. The number of ether oxygens (including phenoxy) is 1. The Balaban J connectivity index is 1.57. The number of carbonyl (C=O) groups excluding carboxylic acids is 1. The van der Waals surface area contributed by atoms with Crippen molar-refractivity contribution in [1.82, 2.24) is 24.3 Å². The zero-order valence-corrected chi connectivity index (χ0v) is 27.6. The molecule has 0 bridgehead atoms. The van der Waals surface area contributed by atoms with Gasteiger partial charge in [0.2, 0.25) is 10.0 Å². The lowest BCUT2D eigenvalue weighted by Gasteiger charge is -2.26. The Morgan fingerprint density at radius 2 is 1.89 bits per heavy atom. The maximum Gasteiger partial charge on any atom is 0.307 e. The second-order valence-electron chi connectivity index (χ2n) is 12.8. The van der Waals surface area contributed by atoms with Crippen molar-refractivity contribution < 1.29 is 17.9 Å². The number of esters is 1. The van der Waals surface area contributed by atoms with E-state index < -0.39 is 15.6 Å². The molecule has 0 saturated heterocycles. The number of sulfonamides is 1. The molecule has 0 radical (unpaired) electrons. The van der Waals surface area contributed by atoms with Crippen LogP contribution < -0.4 is 0 Å². The molecule has 234 valence electrons. The second-order valence-corrected chi connectivity index (χ2v) is 14.7. The predicted octanol–water partition coefficient (Wildman–Crippen LogP) is 6.10. The van der Waals surface area contributed by atoms with Gasteiger partial charge in [0.15, 0.2) is 0 Å². The van der Waals surface area contributed by atoms with Gasteiger partial charge in [0, 0.05) is 31.7 Å². The van der Waals surface area contributed by atoms with Gasteiger partial charge in [-0.1, -0.05) is 42.8 Å². The molecule has 0 unspecified atom stereocenters. The van der Waals surface area contributed by atoms with E-state index in [4.69, 9.17) is 4.74 Å². The van der Waals surface area contributed by atoms with Gasteiger partial charge in [0.05, 0.1) is 17.6 Å². The molecule has 0 amide bonds. The van der Waals surface area contributed by atoms with Gasteiger partial charge in [0.1, 0.15) is 16.0 Å². The van der Waals surface area contributed by atoms with Crippen LogP contribution in [0.1, 0.15) is 86.9 Å². The lowest BCUT2D eigenvalue weighted by Crippen LogP contribution is -2.33. The summed E-state index contributed by atoms with van der Waals surface area (Å²) < 4.78 is 37.1. The molecule has 9 nitrogen and oxygen atoms in total. The van der Waals surface area contributed by atoms with Crippen LogP contribution in [-0.4, -0.2) is 50.8 Å². The van der Waals surface area contributed by atoms with Crippen LogP contribution in [0.3, 0.4) is 0 Å². The van der Waals surface area contributed by atoms with Crippen molar-refractivity contribution in [2.24, 2.45) is 5.92 Å². The normalized spacial score (nSPS) is 17.7. The molecule has 2 atom stereocenters. The summed E-state index contributed by atoms with van der Waals surface area (Å²) in [5, 5.41) is 8.76. The van der Waals surface area contributed by atoms with Gasteiger partial charge < -0.3 is 4.74 Å². The SMILES string of the molecule is CC[C@H]1Cc2ncccc2S(=O)(=O)N(Cc2cc([C@H](CC(=O)OC(C)(C)C)c3ccc4c(nnn4CC)c3C)ccc2C)C1. The smallest absolute Gasteiger partial charge is 0.307 e. The average Bonchev–Trinajstić information content (AvgIpc) is 3.35. The van der Waals surface area contributed by atoms with Gasteiger partial charge in [-0.05, 0) is 99.9 Å². The molecule has 3 heterocycles. The van der Waals surface area contributed by atoms with Crippen LogP contribution in [0.4, 0.5) is 0 Å². The minimum atomic E-state index is -3.75. The summed E-state index contributed by atoms with van der Waals surface area (Å²) in [5.74, 6) is -0.462. The average molecular weight is 618 g/mol. The van der Waals surface area contributed by atoms with E-state index in [1.54, 1.807) is 22.6 Å². The third-order valence-electron chi connectivity index (χ3n) is 8.56. The molecule has 0 aliphatic carbocycles. The summed E-state index contributed by atoms with van der Waals surface area (Å²) in [5.41, 5.74) is 6.50. The molecule has 2 aromatic heterocycles. The van der Waals surface area contributed by atoms with Crippen LogP contribution in [0.25, 0.3) is 11.0 Å². The molecule has 1 aliphatic rings. The molecule has 0 spiro atoms. The van der Waals surface area contributed by atoms with Gasteiger partial charge in [-0.15, -0.1) is 5.10 Å². The van der Waals surface area contributed by atoms with Crippen molar-refractivity contribution in [1.29, 1.82) is 0 Å². The molecular formula is C34H43N5O4S. The number of pyridine rings is 1. The first-order valence-corrected chi connectivity index (χ1v) is 16.8. The van der Waals surface area contributed by atoms with Gasteiger partial charge in [-0.25, -0.2) is 13.1 Å². The number of nitrogens with zero attached hydrogens (tertiary/aromatic N) is 5. The zero-order valence-electron chi connectivity index (χ0n) is 26.8. The molecule has 2 aromatic carbocycles. The minimum Gasteiger partial charge on any atom is -0.460 e. The Hall–Kier alpha value is -3.63. The number of benzene rings is 2.